The first-order valence-electron chi connectivity index (χ1n) is 7.97. The van der Waals surface area contributed by atoms with Crippen LogP contribution in [0.3, 0.4) is 0 Å². The number of amides is 2. The van der Waals surface area contributed by atoms with Gasteiger partial charge in [-0.2, -0.15) is 9.78 Å². The highest BCUT2D eigenvalue weighted by Gasteiger charge is 2.18. The quantitative estimate of drug-likeness (QED) is 0.750. The van der Waals surface area contributed by atoms with Crippen molar-refractivity contribution >= 4 is 11.7 Å². The first-order chi connectivity index (χ1) is 12.5. The molecule has 0 aliphatic rings. The van der Waals surface area contributed by atoms with Crippen molar-refractivity contribution in [3.63, 3.8) is 0 Å². The molecule has 0 aliphatic carbocycles. The van der Waals surface area contributed by atoms with E-state index < -0.39 is 17.9 Å². The van der Waals surface area contributed by atoms with Gasteiger partial charge in [0.1, 0.15) is 12.1 Å². The fourth-order valence-electron chi connectivity index (χ4n) is 2.40. The van der Waals surface area contributed by atoms with Crippen LogP contribution in [0.2, 0.25) is 0 Å². The second-order valence-electron chi connectivity index (χ2n) is 5.82. The van der Waals surface area contributed by atoms with Gasteiger partial charge in [0.05, 0.1) is 11.7 Å². The van der Waals surface area contributed by atoms with E-state index in [1.807, 2.05) is 13.8 Å². The van der Waals surface area contributed by atoms with E-state index in [0.29, 0.717) is 11.8 Å². The highest BCUT2D eigenvalue weighted by Crippen LogP contribution is 2.19. The van der Waals surface area contributed by atoms with Crippen molar-refractivity contribution in [3.05, 3.63) is 59.7 Å². The number of rotatable bonds is 4. The molecule has 0 aliphatic heterocycles. The Morgan fingerprint density at radius 3 is 2.58 bits per heavy atom. The Bertz CT molecular complexity index is 926. The van der Waals surface area contributed by atoms with Crippen LogP contribution in [0, 0.1) is 19.7 Å². The van der Waals surface area contributed by atoms with Crippen molar-refractivity contribution < 1.29 is 9.18 Å². The summed E-state index contributed by atoms with van der Waals surface area (Å²) >= 11 is 0. The average molecular weight is 355 g/mol. The van der Waals surface area contributed by atoms with E-state index in [1.165, 1.54) is 17.1 Å². The number of hydrogen-bond acceptors (Lipinski definition) is 5. The maximum atomic E-state index is 14.0. The Morgan fingerprint density at radius 2 is 1.85 bits per heavy atom. The largest absolute Gasteiger partial charge is 0.328 e. The van der Waals surface area contributed by atoms with Gasteiger partial charge in [-0.25, -0.2) is 24.1 Å². The van der Waals surface area contributed by atoms with E-state index in [1.54, 1.807) is 31.5 Å². The molecule has 2 heterocycles. The molecule has 0 saturated carbocycles. The number of aryl methyl sites for hydroxylation is 2. The number of urea groups is 1. The van der Waals surface area contributed by atoms with E-state index in [-0.39, 0.29) is 5.69 Å². The maximum absolute atomic E-state index is 14.0. The number of carbonyl (C=O) groups is 1. The van der Waals surface area contributed by atoms with Crippen LogP contribution in [-0.4, -0.2) is 30.8 Å². The lowest BCUT2D eigenvalue weighted by Gasteiger charge is -2.15. The van der Waals surface area contributed by atoms with Crippen molar-refractivity contribution in [2.75, 3.05) is 5.32 Å². The molecule has 26 heavy (non-hydrogen) atoms. The Labute approximate surface area is 149 Å². The second kappa shape index (κ2) is 7.26. The Morgan fingerprint density at radius 1 is 1.15 bits per heavy atom. The molecule has 2 aromatic heterocycles. The topological polar surface area (TPSA) is 97.6 Å². The van der Waals surface area contributed by atoms with Crippen molar-refractivity contribution in [2.45, 2.75) is 26.8 Å². The van der Waals surface area contributed by atoms with E-state index in [0.717, 1.165) is 11.1 Å². The standard InChI is InChI=1S/C17H18FN7O/c1-10-7-13(18)14(8-11(10)2)24-17(26)23-12(3)15-21-9-22-25(15)16-19-5-4-6-20-16/h4-9,12H,1-3H3,(H2,23,24,26)/t12-/m0/s1. The third-order valence-corrected chi connectivity index (χ3v) is 3.88. The van der Waals surface area contributed by atoms with E-state index in [4.69, 9.17) is 0 Å². The normalized spacial score (nSPS) is 11.8. The molecule has 1 atom stereocenters. The van der Waals surface area contributed by atoms with Gasteiger partial charge in [-0.3, -0.25) is 0 Å². The number of hydrogen-bond donors (Lipinski definition) is 2. The molecular weight excluding hydrogens is 337 g/mol. The van der Waals surface area contributed by atoms with Crippen LogP contribution < -0.4 is 10.6 Å². The lowest BCUT2D eigenvalue weighted by molar-refractivity contribution is 0.248. The maximum Gasteiger partial charge on any atom is 0.319 e. The minimum absolute atomic E-state index is 0.116. The number of halogens is 1. The van der Waals surface area contributed by atoms with Gasteiger partial charge in [0.2, 0.25) is 0 Å². The second-order valence-corrected chi connectivity index (χ2v) is 5.82. The van der Waals surface area contributed by atoms with Crippen LogP contribution >= 0.6 is 0 Å². The van der Waals surface area contributed by atoms with Crippen molar-refractivity contribution in [1.82, 2.24) is 30.0 Å². The van der Waals surface area contributed by atoms with Crippen LogP contribution in [-0.2, 0) is 0 Å². The first kappa shape index (κ1) is 17.5. The van der Waals surface area contributed by atoms with Crippen LogP contribution in [0.4, 0.5) is 14.9 Å². The fourth-order valence-corrected chi connectivity index (χ4v) is 2.40. The smallest absolute Gasteiger partial charge is 0.319 e. The van der Waals surface area contributed by atoms with Gasteiger partial charge in [0.15, 0.2) is 5.82 Å². The molecule has 3 rings (SSSR count). The number of anilines is 1. The summed E-state index contributed by atoms with van der Waals surface area (Å²) in [5, 5.41) is 9.31. The molecule has 0 bridgehead atoms. The summed E-state index contributed by atoms with van der Waals surface area (Å²) in [5.41, 5.74) is 1.82. The molecule has 0 saturated heterocycles. The molecular formula is C17H18FN7O. The first-order valence-corrected chi connectivity index (χ1v) is 7.97. The molecule has 8 nitrogen and oxygen atoms in total. The van der Waals surface area contributed by atoms with Crippen LogP contribution in [0.5, 0.6) is 0 Å². The van der Waals surface area contributed by atoms with Gasteiger partial charge in [-0.1, -0.05) is 0 Å². The number of nitrogens with zero attached hydrogens (tertiary/aromatic N) is 5. The van der Waals surface area contributed by atoms with Gasteiger partial charge in [-0.05, 0) is 50.1 Å². The number of carbonyl (C=O) groups excluding carboxylic acids is 1. The van der Waals surface area contributed by atoms with Crippen molar-refractivity contribution in [3.8, 4) is 5.95 Å². The van der Waals surface area contributed by atoms with Crippen molar-refractivity contribution in [1.29, 1.82) is 0 Å². The predicted molar refractivity (Wildman–Crippen MR) is 93.4 cm³/mol. The highest BCUT2D eigenvalue weighted by atomic mass is 19.1. The molecule has 134 valence electrons. The minimum Gasteiger partial charge on any atom is -0.328 e. The number of benzene rings is 1. The Kier molecular flexibility index (Phi) is 4.87. The molecule has 9 heteroatoms. The summed E-state index contributed by atoms with van der Waals surface area (Å²) in [6.45, 7) is 5.39. The summed E-state index contributed by atoms with van der Waals surface area (Å²) in [4.78, 5) is 24.6. The monoisotopic (exact) mass is 355 g/mol. The van der Waals surface area contributed by atoms with Gasteiger partial charge in [0.25, 0.3) is 5.95 Å². The minimum atomic E-state index is -0.553. The Hall–Kier alpha value is -3.36. The summed E-state index contributed by atoms with van der Waals surface area (Å²) in [6, 6.07) is 3.61. The highest BCUT2D eigenvalue weighted by molar-refractivity contribution is 5.89. The molecule has 0 fully saturated rings. The molecule has 0 spiro atoms. The zero-order valence-electron chi connectivity index (χ0n) is 14.6. The van der Waals surface area contributed by atoms with Crippen LogP contribution in [0.25, 0.3) is 5.95 Å². The molecule has 1 aromatic carbocycles. The van der Waals surface area contributed by atoms with Gasteiger partial charge >= 0.3 is 6.03 Å². The van der Waals surface area contributed by atoms with E-state index in [9.17, 15) is 9.18 Å². The number of aromatic nitrogens is 5. The molecule has 0 unspecified atom stereocenters. The SMILES string of the molecule is Cc1cc(F)c(NC(=O)N[C@@H](C)c2ncnn2-c2ncccn2)cc1C. The summed E-state index contributed by atoms with van der Waals surface area (Å²) < 4.78 is 15.4. The summed E-state index contributed by atoms with van der Waals surface area (Å²) in [5.74, 6) is 0.304. The molecule has 0 radical (unpaired) electrons. The van der Waals surface area contributed by atoms with Gasteiger partial charge in [0, 0.05) is 12.4 Å². The average Bonchev–Trinajstić information content (AvgIpc) is 3.10. The molecule has 2 amide bonds. The zero-order chi connectivity index (χ0) is 18.7. The number of nitrogens with one attached hydrogen (secondary N) is 2. The van der Waals surface area contributed by atoms with Crippen molar-refractivity contribution in [2.24, 2.45) is 0 Å². The third-order valence-electron chi connectivity index (χ3n) is 3.88. The third kappa shape index (κ3) is 3.66. The zero-order valence-corrected chi connectivity index (χ0v) is 14.6. The van der Waals surface area contributed by atoms with Crippen LogP contribution in [0.15, 0.2) is 36.9 Å². The van der Waals surface area contributed by atoms with Crippen LogP contribution in [0.1, 0.15) is 29.9 Å². The van der Waals surface area contributed by atoms with E-state index in [2.05, 4.69) is 30.7 Å². The lowest BCUT2D eigenvalue weighted by atomic mass is 10.1. The fraction of sp³-hybridized carbons (Fsp3) is 0.235. The molecule has 3 aromatic rings. The predicted octanol–water partition coefficient (Wildman–Crippen LogP) is 2.70. The lowest BCUT2D eigenvalue weighted by Crippen LogP contribution is -2.33. The molecule has 2 N–H and O–H groups in total. The summed E-state index contributed by atoms with van der Waals surface area (Å²) in [7, 11) is 0. The Balaban J connectivity index is 1.73. The van der Waals surface area contributed by atoms with E-state index >= 15 is 0 Å². The van der Waals surface area contributed by atoms with Gasteiger partial charge in [-0.15, -0.1) is 0 Å². The summed E-state index contributed by atoms with van der Waals surface area (Å²) in [6.07, 6.45) is 4.52. The van der Waals surface area contributed by atoms with Gasteiger partial charge < -0.3 is 10.6 Å².